The fourth-order valence-corrected chi connectivity index (χ4v) is 1.95. The second kappa shape index (κ2) is 3.02. The molecule has 1 aliphatic heterocycles. The Bertz CT molecular complexity index is 320. The summed E-state index contributed by atoms with van der Waals surface area (Å²) in [6, 6.07) is 5.80. The van der Waals surface area contributed by atoms with Gasteiger partial charge in [-0.2, -0.15) is 0 Å². The first-order chi connectivity index (χ1) is 6.20. The van der Waals surface area contributed by atoms with Gasteiger partial charge in [-0.25, -0.2) is 4.39 Å². The van der Waals surface area contributed by atoms with Crippen molar-refractivity contribution in [2.24, 2.45) is 0 Å². The molecule has 1 nitrogen and oxygen atoms in total. The van der Waals surface area contributed by atoms with E-state index in [2.05, 4.69) is 18.7 Å². The number of anilines is 1. The summed E-state index contributed by atoms with van der Waals surface area (Å²) in [5.41, 5.74) is 1.96. The third kappa shape index (κ3) is 1.30. The van der Waals surface area contributed by atoms with Gasteiger partial charge < -0.3 is 4.90 Å². The summed E-state index contributed by atoms with van der Waals surface area (Å²) >= 11 is 0. The van der Waals surface area contributed by atoms with Crippen LogP contribution in [-0.2, 0) is 6.42 Å². The highest BCUT2D eigenvalue weighted by molar-refractivity contribution is 5.58. The molecule has 0 fully saturated rings. The van der Waals surface area contributed by atoms with Crippen molar-refractivity contribution < 1.29 is 4.39 Å². The van der Waals surface area contributed by atoms with Gasteiger partial charge in [0.25, 0.3) is 0 Å². The minimum absolute atomic E-state index is 0.0550. The molecule has 2 heteroatoms. The van der Waals surface area contributed by atoms with Crippen molar-refractivity contribution >= 4 is 5.69 Å². The second-order valence-corrected chi connectivity index (χ2v) is 3.77. The Morgan fingerprint density at radius 3 is 2.85 bits per heavy atom. The van der Waals surface area contributed by atoms with Crippen LogP contribution in [0, 0.1) is 5.82 Å². The van der Waals surface area contributed by atoms with Gasteiger partial charge in [0.15, 0.2) is 0 Å². The topological polar surface area (TPSA) is 3.24 Å². The van der Waals surface area contributed by atoms with Gasteiger partial charge in [0.1, 0.15) is 5.82 Å². The van der Waals surface area contributed by atoms with E-state index in [0.29, 0.717) is 6.04 Å². The highest BCUT2D eigenvalue weighted by Crippen LogP contribution is 2.30. The van der Waals surface area contributed by atoms with E-state index in [1.54, 1.807) is 12.1 Å². The Morgan fingerprint density at radius 2 is 2.15 bits per heavy atom. The number of hydrogen-bond donors (Lipinski definition) is 0. The van der Waals surface area contributed by atoms with Crippen LogP contribution in [-0.4, -0.2) is 12.6 Å². The van der Waals surface area contributed by atoms with Crippen LogP contribution in [0.4, 0.5) is 10.1 Å². The Morgan fingerprint density at radius 1 is 1.38 bits per heavy atom. The highest BCUT2D eigenvalue weighted by atomic mass is 19.1. The van der Waals surface area contributed by atoms with Crippen LogP contribution in [0.3, 0.4) is 0 Å². The lowest BCUT2D eigenvalue weighted by Gasteiger charge is -2.23. The van der Waals surface area contributed by atoms with Gasteiger partial charge in [-0.1, -0.05) is 6.07 Å². The number of rotatable bonds is 1. The zero-order chi connectivity index (χ0) is 9.42. The predicted octanol–water partition coefficient (Wildman–Crippen LogP) is 2.60. The van der Waals surface area contributed by atoms with Crippen LogP contribution < -0.4 is 4.90 Å². The van der Waals surface area contributed by atoms with E-state index in [9.17, 15) is 4.39 Å². The first-order valence-electron chi connectivity index (χ1n) is 4.74. The van der Waals surface area contributed by atoms with Gasteiger partial charge >= 0.3 is 0 Å². The zero-order valence-electron chi connectivity index (χ0n) is 8.05. The van der Waals surface area contributed by atoms with Crippen molar-refractivity contribution in [1.82, 2.24) is 0 Å². The number of benzene rings is 1. The highest BCUT2D eigenvalue weighted by Gasteiger charge is 2.23. The summed E-state index contributed by atoms with van der Waals surface area (Å²) < 4.78 is 13.3. The van der Waals surface area contributed by atoms with Crippen molar-refractivity contribution in [2.75, 3.05) is 11.4 Å². The van der Waals surface area contributed by atoms with Gasteiger partial charge in [0.05, 0.1) is 0 Å². The van der Waals surface area contributed by atoms with E-state index >= 15 is 0 Å². The normalized spacial score (nSPS) is 15.2. The second-order valence-electron chi connectivity index (χ2n) is 3.77. The van der Waals surface area contributed by atoms with Crippen LogP contribution in [0.2, 0.25) is 0 Å². The molecule has 0 bridgehead atoms. The molecule has 1 heterocycles. The van der Waals surface area contributed by atoms with Gasteiger partial charge in [0, 0.05) is 23.8 Å². The van der Waals surface area contributed by atoms with E-state index in [0.717, 1.165) is 24.2 Å². The Hall–Kier alpha value is -1.05. The van der Waals surface area contributed by atoms with Crippen molar-refractivity contribution in [3.63, 3.8) is 0 Å². The maximum atomic E-state index is 13.3. The van der Waals surface area contributed by atoms with Gasteiger partial charge in [-0.3, -0.25) is 0 Å². The van der Waals surface area contributed by atoms with E-state index in [4.69, 9.17) is 0 Å². The Labute approximate surface area is 78.2 Å². The van der Waals surface area contributed by atoms with Gasteiger partial charge in [0.2, 0.25) is 0 Å². The molecular weight excluding hydrogens is 165 g/mol. The fraction of sp³-hybridized carbons (Fsp3) is 0.455. The molecule has 0 saturated carbocycles. The summed E-state index contributed by atoms with van der Waals surface area (Å²) in [5.74, 6) is -0.0550. The maximum Gasteiger partial charge on any atom is 0.128 e. The third-order valence-corrected chi connectivity index (χ3v) is 2.63. The van der Waals surface area contributed by atoms with E-state index in [1.807, 2.05) is 6.07 Å². The van der Waals surface area contributed by atoms with E-state index in [1.165, 1.54) is 0 Å². The maximum absolute atomic E-state index is 13.3. The number of hydrogen-bond acceptors (Lipinski definition) is 1. The van der Waals surface area contributed by atoms with Crippen molar-refractivity contribution in [3.8, 4) is 0 Å². The standard InChI is InChI=1S/C11H14FN/c1-8(2)13-7-6-9-10(12)4-3-5-11(9)13/h3-5,8H,6-7H2,1-2H3. The van der Waals surface area contributed by atoms with Crippen LogP contribution in [0.25, 0.3) is 0 Å². The van der Waals surface area contributed by atoms with Crippen LogP contribution >= 0.6 is 0 Å². The summed E-state index contributed by atoms with van der Waals surface area (Å²) in [5, 5.41) is 0. The lowest BCUT2D eigenvalue weighted by molar-refractivity contribution is 0.615. The largest absolute Gasteiger partial charge is 0.368 e. The third-order valence-electron chi connectivity index (χ3n) is 2.63. The molecule has 0 spiro atoms. The first-order valence-corrected chi connectivity index (χ1v) is 4.74. The minimum atomic E-state index is -0.0550. The molecule has 1 aromatic carbocycles. The monoisotopic (exact) mass is 179 g/mol. The van der Waals surface area contributed by atoms with Crippen LogP contribution in [0.5, 0.6) is 0 Å². The molecule has 0 N–H and O–H groups in total. The molecule has 0 amide bonds. The van der Waals surface area contributed by atoms with Gasteiger partial charge in [-0.05, 0) is 32.4 Å². The molecule has 0 saturated heterocycles. The fourth-order valence-electron chi connectivity index (χ4n) is 1.95. The molecule has 0 aliphatic carbocycles. The predicted molar refractivity (Wildman–Crippen MR) is 52.6 cm³/mol. The summed E-state index contributed by atoms with van der Waals surface area (Å²) in [4.78, 5) is 2.25. The Kier molecular flexibility index (Phi) is 1.98. The van der Waals surface area contributed by atoms with Crippen molar-refractivity contribution in [1.29, 1.82) is 0 Å². The molecule has 1 aliphatic rings. The molecule has 1 aromatic rings. The SMILES string of the molecule is CC(C)N1CCc2c(F)cccc21. The molecule has 0 radical (unpaired) electrons. The quantitative estimate of drug-likeness (QED) is 0.640. The lowest BCUT2D eigenvalue weighted by Crippen LogP contribution is -2.28. The van der Waals surface area contributed by atoms with E-state index < -0.39 is 0 Å². The van der Waals surface area contributed by atoms with Crippen LogP contribution in [0.1, 0.15) is 19.4 Å². The lowest BCUT2D eigenvalue weighted by atomic mass is 10.1. The van der Waals surface area contributed by atoms with Crippen molar-refractivity contribution in [2.45, 2.75) is 26.3 Å². The van der Waals surface area contributed by atoms with E-state index in [-0.39, 0.29) is 5.82 Å². The summed E-state index contributed by atoms with van der Waals surface area (Å²) in [6.07, 6.45) is 0.847. The number of halogens is 1. The molecule has 70 valence electrons. The molecule has 2 rings (SSSR count). The Balaban J connectivity index is 2.43. The molecule has 0 atom stereocenters. The molecule has 13 heavy (non-hydrogen) atoms. The molecule has 0 aromatic heterocycles. The number of nitrogens with zero attached hydrogens (tertiary/aromatic N) is 1. The van der Waals surface area contributed by atoms with Crippen molar-refractivity contribution in [3.05, 3.63) is 29.6 Å². The van der Waals surface area contributed by atoms with Crippen LogP contribution in [0.15, 0.2) is 18.2 Å². The van der Waals surface area contributed by atoms with Gasteiger partial charge in [-0.15, -0.1) is 0 Å². The minimum Gasteiger partial charge on any atom is -0.368 e. The zero-order valence-corrected chi connectivity index (χ0v) is 8.05. The summed E-state index contributed by atoms with van der Waals surface area (Å²) in [6.45, 7) is 5.23. The smallest absolute Gasteiger partial charge is 0.128 e. The molecule has 0 unspecified atom stereocenters. The number of fused-ring (bicyclic) bond motifs is 1. The average molecular weight is 179 g/mol. The summed E-state index contributed by atoms with van der Waals surface area (Å²) in [7, 11) is 0. The average Bonchev–Trinajstić information content (AvgIpc) is 2.48. The molecular formula is C11H14FN. The first kappa shape index (κ1) is 8.54.